The molecule has 1 aliphatic heterocycles. The Morgan fingerprint density at radius 2 is 1.96 bits per heavy atom. The predicted octanol–water partition coefficient (Wildman–Crippen LogP) is 0.0122. The molecule has 27 heavy (non-hydrogen) atoms. The second kappa shape index (κ2) is 7.55. The second-order valence-electron chi connectivity index (χ2n) is 7.37. The summed E-state index contributed by atoms with van der Waals surface area (Å²) in [6.07, 6.45) is 3.47. The summed E-state index contributed by atoms with van der Waals surface area (Å²) in [6.45, 7) is 0.389. The molecule has 1 aliphatic carbocycles. The lowest BCUT2D eigenvalue weighted by molar-refractivity contribution is -0.0511. The van der Waals surface area contributed by atoms with Gasteiger partial charge in [0.25, 0.3) is 0 Å². The highest BCUT2D eigenvalue weighted by Gasteiger charge is 2.44. The third kappa shape index (κ3) is 3.45. The van der Waals surface area contributed by atoms with Crippen LogP contribution in [-0.2, 0) is 4.74 Å². The van der Waals surface area contributed by atoms with Crippen molar-refractivity contribution in [1.82, 2.24) is 19.5 Å². The number of aromatic nitrogens is 4. The molecule has 2 fully saturated rings. The quantitative estimate of drug-likeness (QED) is 0.484. The lowest BCUT2D eigenvalue weighted by atomic mass is 9.89. The van der Waals surface area contributed by atoms with E-state index in [0.717, 1.165) is 6.54 Å². The fourth-order valence-electron chi connectivity index (χ4n) is 3.94. The van der Waals surface area contributed by atoms with E-state index in [-0.39, 0.29) is 5.82 Å². The van der Waals surface area contributed by atoms with Crippen LogP contribution in [0.2, 0.25) is 0 Å². The maximum atomic E-state index is 10.3. The number of aliphatic hydroxyl groups is 3. The highest BCUT2D eigenvalue weighted by molar-refractivity contribution is 5.83. The summed E-state index contributed by atoms with van der Waals surface area (Å²) >= 11 is 0. The molecule has 0 radical (unpaired) electrons. The summed E-state index contributed by atoms with van der Waals surface area (Å²) in [5.41, 5.74) is 6.84. The average molecular weight is 378 g/mol. The number of nitrogens with two attached hydrogens (primary N) is 1. The van der Waals surface area contributed by atoms with Gasteiger partial charge in [-0.3, -0.25) is 4.57 Å². The smallest absolute Gasteiger partial charge is 0.226 e. The first-order valence-electron chi connectivity index (χ1n) is 9.45. The molecule has 1 saturated heterocycles. The average Bonchev–Trinajstić information content (AvgIpc) is 3.23. The van der Waals surface area contributed by atoms with E-state index in [9.17, 15) is 15.3 Å². The first-order valence-corrected chi connectivity index (χ1v) is 9.45. The maximum Gasteiger partial charge on any atom is 0.226 e. The number of imidazole rings is 1. The van der Waals surface area contributed by atoms with Crippen LogP contribution in [0.5, 0.6) is 0 Å². The van der Waals surface area contributed by atoms with Crippen LogP contribution in [0.1, 0.15) is 38.3 Å². The van der Waals surface area contributed by atoms with Gasteiger partial charge < -0.3 is 31.1 Å². The lowest BCUT2D eigenvalue weighted by Gasteiger charge is -2.21. The monoisotopic (exact) mass is 378 g/mol. The summed E-state index contributed by atoms with van der Waals surface area (Å²) in [5.74, 6) is 1.24. The first kappa shape index (κ1) is 18.4. The molecule has 0 spiro atoms. The van der Waals surface area contributed by atoms with Gasteiger partial charge in [-0.1, -0.05) is 19.3 Å². The number of nitrogen functional groups attached to an aromatic ring is 1. The Morgan fingerprint density at radius 1 is 1.19 bits per heavy atom. The summed E-state index contributed by atoms with van der Waals surface area (Å²) in [7, 11) is 0. The van der Waals surface area contributed by atoms with Crippen LogP contribution in [0.4, 0.5) is 11.8 Å². The van der Waals surface area contributed by atoms with E-state index in [4.69, 9.17) is 10.5 Å². The molecule has 4 rings (SSSR count). The molecular formula is C17H26N6O4. The van der Waals surface area contributed by atoms with Gasteiger partial charge in [-0.25, -0.2) is 4.98 Å². The number of rotatable bonds is 5. The number of nitrogens with one attached hydrogen (secondary N) is 1. The standard InChI is InChI=1S/C17H26N6O4/c18-14-11-15(22-17(21-14)19-6-9-4-2-1-3-5-9)23(8-20-11)16-13(26)12(25)10(7-24)27-16/h8-10,12-13,16,24-26H,1-7H2,(H3,18,19,21,22)/t10-,12-,13-,16?/m1/s1. The van der Waals surface area contributed by atoms with Crippen molar-refractivity contribution in [2.75, 3.05) is 24.2 Å². The van der Waals surface area contributed by atoms with Crippen LogP contribution in [0.25, 0.3) is 11.2 Å². The molecule has 1 unspecified atom stereocenters. The van der Waals surface area contributed by atoms with Gasteiger partial charge in [-0.15, -0.1) is 0 Å². The topological polar surface area (TPSA) is 152 Å². The molecule has 10 heteroatoms. The molecule has 3 heterocycles. The van der Waals surface area contributed by atoms with E-state index in [0.29, 0.717) is 23.0 Å². The van der Waals surface area contributed by atoms with Crippen molar-refractivity contribution in [2.24, 2.45) is 5.92 Å². The van der Waals surface area contributed by atoms with E-state index >= 15 is 0 Å². The first-order chi connectivity index (χ1) is 13.1. The van der Waals surface area contributed by atoms with Crippen molar-refractivity contribution in [2.45, 2.75) is 56.6 Å². The van der Waals surface area contributed by atoms with Crippen LogP contribution in [0, 0.1) is 5.92 Å². The van der Waals surface area contributed by atoms with Crippen molar-refractivity contribution in [1.29, 1.82) is 0 Å². The zero-order valence-electron chi connectivity index (χ0n) is 15.0. The molecule has 6 N–H and O–H groups in total. The number of anilines is 2. The van der Waals surface area contributed by atoms with Crippen LogP contribution in [-0.4, -0.2) is 66.3 Å². The second-order valence-corrected chi connectivity index (χ2v) is 7.37. The molecule has 0 bridgehead atoms. The fraction of sp³-hybridized carbons (Fsp3) is 0.706. The van der Waals surface area contributed by atoms with E-state index in [2.05, 4.69) is 20.3 Å². The highest BCUT2D eigenvalue weighted by atomic mass is 16.6. The van der Waals surface area contributed by atoms with E-state index in [1.807, 2.05) is 0 Å². The third-order valence-electron chi connectivity index (χ3n) is 5.51. The Bertz CT molecular complexity index is 793. The minimum absolute atomic E-state index is 0.233. The van der Waals surface area contributed by atoms with Crippen LogP contribution in [0.15, 0.2) is 6.33 Å². The molecule has 4 atom stereocenters. The van der Waals surface area contributed by atoms with Crippen molar-refractivity contribution < 1.29 is 20.1 Å². The van der Waals surface area contributed by atoms with E-state index in [1.165, 1.54) is 43.0 Å². The maximum absolute atomic E-state index is 10.3. The van der Waals surface area contributed by atoms with Gasteiger partial charge in [-0.2, -0.15) is 9.97 Å². The molecule has 10 nitrogen and oxygen atoms in total. The van der Waals surface area contributed by atoms with E-state index in [1.54, 1.807) is 0 Å². The molecule has 2 aromatic heterocycles. The Hall–Kier alpha value is -2.01. The van der Waals surface area contributed by atoms with Crippen LogP contribution >= 0.6 is 0 Å². The molecule has 1 saturated carbocycles. The van der Waals surface area contributed by atoms with Crippen molar-refractivity contribution in [3.05, 3.63) is 6.33 Å². The van der Waals surface area contributed by atoms with Gasteiger partial charge in [0.2, 0.25) is 5.95 Å². The number of fused-ring (bicyclic) bond motifs is 1. The Kier molecular flexibility index (Phi) is 5.13. The van der Waals surface area contributed by atoms with Gasteiger partial charge in [-0.05, 0) is 18.8 Å². The van der Waals surface area contributed by atoms with Crippen LogP contribution < -0.4 is 11.1 Å². The summed E-state index contributed by atoms with van der Waals surface area (Å²) in [6, 6.07) is 0. The number of ether oxygens (including phenoxy) is 1. The number of aliphatic hydroxyl groups excluding tert-OH is 3. The minimum Gasteiger partial charge on any atom is -0.394 e. The molecule has 2 aromatic rings. The summed E-state index contributed by atoms with van der Waals surface area (Å²) < 4.78 is 7.09. The van der Waals surface area contributed by atoms with Gasteiger partial charge in [0.15, 0.2) is 17.7 Å². The van der Waals surface area contributed by atoms with Gasteiger partial charge >= 0.3 is 0 Å². The molecular weight excluding hydrogens is 352 g/mol. The Morgan fingerprint density at radius 3 is 2.67 bits per heavy atom. The van der Waals surface area contributed by atoms with E-state index < -0.39 is 31.1 Å². The summed E-state index contributed by atoms with van der Waals surface area (Å²) in [5, 5.41) is 32.8. The van der Waals surface area contributed by atoms with Gasteiger partial charge in [0, 0.05) is 6.54 Å². The molecule has 0 aromatic carbocycles. The normalized spacial score (nSPS) is 29.4. The van der Waals surface area contributed by atoms with Crippen molar-refractivity contribution >= 4 is 22.9 Å². The van der Waals surface area contributed by atoms with Gasteiger partial charge in [0.1, 0.15) is 23.8 Å². The Balaban J connectivity index is 1.58. The third-order valence-corrected chi connectivity index (χ3v) is 5.51. The van der Waals surface area contributed by atoms with Gasteiger partial charge in [0.05, 0.1) is 12.9 Å². The fourth-order valence-corrected chi connectivity index (χ4v) is 3.94. The molecule has 0 amide bonds. The zero-order valence-corrected chi connectivity index (χ0v) is 15.0. The number of hydrogen-bond donors (Lipinski definition) is 5. The number of hydrogen-bond acceptors (Lipinski definition) is 9. The SMILES string of the molecule is Nc1nc(NCC2CCCCC2)nc2c1ncn2C1O[C@H](CO)[C@@H](O)[C@H]1O. The lowest BCUT2D eigenvalue weighted by Crippen LogP contribution is -2.33. The Labute approximate surface area is 156 Å². The van der Waals surface area contributed by atoms with Crippen molar-refractivity contribution in [3.8, 4) is 0 Å². The zero-order chi connectivity index (χ0) is 19.0. The molecule has 2 aliphatic rings. The van der Waals surface area contributed by atoms with Crippen molar-refractivity contribution in [3.63, 3.8) is 0 Å². The molecule has 148 valence electrons. The number of nitrogens with zero attached hydrogens (tertiary/aromatic N) is 4. The largest absolute Gasteiger partial charge is 0.394 e. The minimum atomic E-state index is -1.21. The van der Waals surface area contributed by atoms with Crippen LogP contribution in [0.3, 0.4) is 0 Å². The highest BCUT2D eigenvalue weighted by Crippen LogP contribution is 2.32. The predicted molar refractivity (Wildman–Crippen MR) is 97.8 cm³/mol. The summed E-state index contributed by atoms with van der Waals surface area (Å²) in [4.78, 5) is 13.0.